The average molecular weight is 473 g/mol. The minimum atomic E-state index is -5.08. The SMILES string of the molecule is O=C(CC1CCCC1)N1CCC2(CC1)CC(OCc1ccncc1)CO2.O=C(O)C(F)(F)F. The van der Waals surface area contributed by atoms with Gasteiger partial charge in [0.1, 0.15) is 0 Å². The summed E-state index contributed by atoms with van der Waals surface area (Å²) in [5.41, 5.74) is 1.07. The summed E-state index contributed by atoms with van der Waals surface area (Å²) in [6.07, 6.45) is 7.33. The van der Waals surface area contributed by atoms with Crippen molar-refractivity contribution in [3.8, 4) is 0 Å². The second-order valence-electron chi connectivity index (χ2n) is 9.02. The molecule has 2 aliphatic heterocycles. The smallest absolute Gasteiger partial charge is 0.475 e. The predicted octanol–water partition coefficient (Wildman–Crippen LogP) is 3.96. The van der Waals surface area contributed by atoms with Crippen molar-refractivity contribution in [1.82, 2.24) is 9.88 Å². The van der Waals surface area contributed by atoms with Gasteiger partial charge in [-0.15, -0.1) is 0 Å². The summed E-state index contributed by atoms with van der Waals surface area (Å²) in [7, 11) is 0. The first-order valence-corrected chi connectivity index (χ1v) is 11.4. The normalized spacial score (nSPS) is 22.8. The van der Waals surface area contributed by atoms with Crippen molar-refractivity contribution in [2.45, 2.75) is 75.9 Å². The number of carbonyl (C=O) groups excluding carboxylic acids is 1. The molecule has 7 nitrogen and oxygen atoms in total. The van der Waals surface area contributed by atoms with Gasteiger partial charge in [0.15, 0.2) is 0 Å². The van der Waals surface area contributed by atoms with Gasteiger partial charge in [-0.2, -0.15) is 13.2 Å². The molecule has 1 unspecified atom stereocenters. The van der Waals surface area contributed by atoms with Gasteiger partial charge in [0.2, 0.25) is 5.91 Å². The van der Waals surface area contributed by atoms with E-state index in [0.29, 0.717) is 25.0 Å². The molecule has 0 bridgehead atoms. The van der Waals surface area contributed by atoms with Crippen molar-refractivity contribution in [2.75, 3.05) is 19.7 Å². The zero-order valence-corrected chi connectivity index (χ0v) is 18.6. The van der Waals surface area contributed by atoms with E-state index in [0.717, 1.165) is 44.3 Å². The fraction of sp³-hybridized carbons (Fsp3) is 0.696. The topological polar surface area (TPSA) is 89.0 Å². The van der Waals surface area contributed by atoms with E-state index in [1.807, 2.05) is 12.1 Å². The summed E-state index contributed by atoms with van der Waals surface area (Å²) < 4.78 is 44.0. The number of hydrogen-bond acceptors (Lipinski definition) is 5. The number of likely N-dealkylation sites (tertiary alicyclic amines) is 1. The molecule has 184 valence electrons. The number of rotatable bonds is 5. The first kappa shape index (κ1) is 25.4. The van der Waals surface area contributed by atoms with E-state index in [4.69, 9.17) is 19.4 Å². The molecule has 2 saturated heterocycles. The Morgan fingerprint density at radius 1 is 1.18 bits per heavy atom. The van der Waals surface area contributed by atoms with Crippen LogP contribution in [-0.4, -0.2) is 64.4 Å². The zero-order valence-electron chi connectivity index (χ0n) is 18.6. The number of carboxylic acids is 1. The molecule has 10 heteroatoms. The van der Waals surface area contributed by atoms with E-state index in [2.05, 4.69) is 9.88 Å². The van der Waals surface area contributed by atoms with Crippen LogP contribution in [0.3, 0.4) is 0 Å². The number of ether oxygens (including phenoxy) is 2. The maximum Gasteiger partial charge on any atom is 0.490 e. The highest BCUT2D eigenvalue weighted by atomic mass is 19.4. The number of amides is 1. The molecule has 3 heterocycles. The molecule has 1 amide bonds. The highest BCUT2D eigenvalue weighted by Gasteiger charge is 2.44. The van der Waals surface area contributed by atoms with Gasteiger partial charge in [-0.25, -0.2) is 4.79 Å². The van der Waals surface area contributed by atoms with Crippen LogP contribution in [-0.2, 0) is 25.7 Å². The van der Waals surface area contributed by atoms with E-state index in [1.54, 1.807) is 12.4 Å². The molecule has 0 aromatic carbocycles. The molecule has 3 aliphatic rings. The average Bonchev–Trinajstić information content (AvgIpc) is 3.43. The number of aromatic nitrogens is 1. The second-order valence-corrected chi connectivity index (χ2v) is 9.02. The Morgan fingerprint density at radius 2 is 1.79 bits per heavy atom. The highest BCUT2D eigenvalue weighted by molar-refractivity contribution is 5.76. The lowest BCUT2D eigenvalue weighted by molar-refractivity contribution is -0.192. The number of carboxylic acid groups (broad SMARTS) is 1. The minimum Gasteiger partial charge on any atom is -0.475 e. The summed E-state index contributed by atoms with van der Waals surface area (Å²) in [5, 5.41) is 7.12. The van der Waals surface area contributed by atoms with Gasteiger partial charge < -0.3 is 19.5 Å². The Balaban J connectivity index is 0.000000383. The lowest BCUT2D eigenvalue weighted by Crippen LogP contribution is -2.46. The largest absolute Gasteiger partial charge is 0.490 e. The van der Waals surface area contributed by atoms with Crippen LogP contribution in [0.1, 0.15) is 56.9 Å². The van der Waals surface area contributed by atoms with Crippen molar-refractivity contribution in [1.29, 1.82) is 0 Å². The molecule has 1 aromatic rings. The van der Waals surface area contributed by atoms with Crippen molar-refractivity contribution in [3.63, 3.8) is 0 Å². The fourth-order valence-electron chi connectivity index (χ4n) is 4.71. The van der Waals surface area contributed by atoms with Crippen molar-refractivity contribution >= 4 is 11.9 Å². The van der Waals surface area contributed by atoms with E-state index in [-0.39, 0.29) is 11.7 Å². The number of carbonyl (C=O) groups is 2. The molecule has 1 spiro atoms. The maximum absolute atomic E-state index is 12.5. The van der Waals surface area contributed by atoms with Crippen LogP contribution >= 0.6 is 0 Å². The summed E-state index contributed by atoms with van der Waals surface area (Å²) in [6.45, 7) is 2.95. The van der Waals surface area contributed by atoms with Gasteiger partial charge in [0.05, 0.1) is 24.9 Å². The summed E-state index contributed by atoms with van der Waals surface area (Å²) in [4.78, 5) is 27.5. The van der Waals surface area contributed by atoms with Crippen LogP contribution in [0.15, 0.2) is 24.5 Å². The standard InChI is InChI=1S/C21H30N2O3.C2HF3O2/c24-20(13-17-3-1-2-4-17)23-11-7-21(8-12-23)14-19(16-26-21)25-15-18-5-9-22-10-6-18;3-2(4,5)1(6)7/h5-6,9-10,17,19H,1-4,7-8,11-16H2;(H,6,7). The summed E-state index contributed by atoms with van der Waals surface area (Å²) in [5.74, 6) is -1.77. The van der Waals surface area contributed by atoms with Crippen LogP contribution < -0.4 is 0 Å². The van der Waals surface area contributed by atoms with Gasteiger partial charge in [-0.1, -0.05) is 12.8 Å². The molecule has 1 aromatic heterocycles. The van der Waals surface area contributed by atoms with Crippen LogP contribution in [0.2, 0.25) is 0 Å². The number of halogens is 3. The van der Waals surface area contributed by atoms with E-state index >= 15 is 0 Å². The molecule has 1 saturated carbocycles. The Labute approximate surface area is 191 Å². The third-order valence-corrected chi connectivity index (χ3v) is 6.62. The van der Waals surface area contributed by atoms with Gasteiger partial charge in [0, 0.05) is 38.3 Å². The molecule has 0 radical (unpaired) electrons. The molecular formula is C23H31F3N2O5. The second kappa shape index (κ2) is 11.3. The number of aliphatic carboxylic acids is 1. The molecule has 1 atom stereocenters. The molecule has 33 heavy (non-hydrogen) atoms. The van der Waals surface area contributed by atoms with Gasteiger partial charge in [0.25, 0.3) is 0 Å². The lowest BCUT2D eigenvalue weighted by atomic mass is 9.87. The van der Waals surface area contributed by atoms with Gasteiger partial charge in [-0.05, 0) is 49.3 Å². The number of piperidine rings is 1. The minimum absolute atomic E-state index is 0.0763. The quantitative estimate of drug-likeness (QED) is 0.698. The van der Waals surface area contributed by atoms with Crippen molar-refractivity contribution in [2.24, 2.45) is 5.92 Å². The monoisotopic (exact) mass is 472 g/mol. The predicted molar refractivity (Wildman–Crippen MR) is 112 cm³/mol. The third kappa shape index (κ3) is 7.67. The van der Waals surface area contributed by atoms with Crippen LogP contribution in [0, 0.1) is 5.92 Å². The van der Waals surface area contributed by atoms with Crippen molar-refractivity contribution in [3.05, 3.63) is 30.1 Å². The zero-order chi connectivity index (χ0) is 23.9. The number of hydrogen-bond donors (Lipinski definition) is 1. The van der Waals surface area contributed by atoms with Crippen LogP contribution in [0.25, 0.3) is 0 Å². The molecule has 4 rings (SSSR count). The third-order valence-electron chi connectivity index (χ3n) is 6.62. The molecule has 1 aliphatic carbocycles. The van der Waals surface area contributed by atoms with Crippen molar-refractivity contribution < 1.29 is 37.3 Å². The van der Waals surface area contributed by atoms with Crippen LogP contribution in [0.5, 0.6) is 0 Å². The molecule has 3 fully saturated rings. The van der Waals surface area contributed by atoms with E-state index in [9.17, 15) is 18.0 Å². The number of pyridine rings is 1. The molecule has 1 N–H and O–H groups in total. The first-order valence-electron chi connectivity index (χ1n) is 11.4. The Kier molecular flexibility index (Phi) is 8.69. The Morgan fingerprint density at radius 3 is 2.36 bits per heavy atom. The summed E-state index contributed by atoms with van der Waals surface area (Å²) >= 11 is 0. The van der Waals surface area contributed by atoms with Crippen LogP contribution in [0.4, 0.5) is 13.2 Å². The van der Waals surface area contributed by atoms with Gasteiger partial charge in [-0.3, -0.25) is 9.78 Å². The molecular weight excluding hydrogens is 441 g/mol. The van der Waals surface area contributed by atoms with E-state index < -0.39 is 12.1 Å². The van der Waals surface area contributed by atoms with Gasteiger partial charge >= 0.3 is 12.1 Å². The maximum atomic E-state index is 12.5. The number of alkyl halides is 3. The summed E-state index contributed by atoms with van der Waals surface area (Å²) in [6, 6.07) is 3.97. The number of nitrogens with zero attached hydrogens (tertiary/aromatic N) is 2. The Bertz CT molecular complexity index is 776. The lowest BCUT2D eigenvalue weighted by Gasteiger charge is -2.39. The Hall–Kier alpha value is -2.20. The first-order chi connectivity index (χ1) is 15.7. The van der Waals surface area contributed by atoms with E-state index in [1.165, 1.54) is 25.7 Å². The highest BCUT2D eigenvalue weighted by Crippen LogP contribution is 2.38. The fourth-order valence-corrected chi connectivity index (χ4v) is 4.71.